The normalized spacial score (nSPS) is 15.9. The van der Waals surface area contributed by atoms with Gasteiger partial charge in [-0.1, -0.05) is 30.3 Å². The summed E-state index contributed by atoms with van der Waals surface area (Å²) in [5.74, 6) is 1.56. The molecule has 1 aromatic carbocycles. The number of aromatic nitrogens is 5. The highest BCUT2D eigenvalue weighted by atomic mass is 32.1. The van der Waals surface area contributed by atoms with E-state index in [4.69, 9.17) is 4.98 Å². The van der Waals surface area contributed by atoms with Crippen LogP contribution in [0, 0.1) is 26.7 Å². The molecular weight excluding hydrogens is 458 g/mol. The molecule has 180 valence electrons. The van der Waals surface area contributed by atoms with Crippen molar-refractivity contribution < 1.29 is 4.79 Å². The smallest absolute Gasteiger partial charge is 0.225 e. The van der Waals surface area contributed by atoms with E-state index >= 15 is 0 Å². The van der Waals surface area contributed by atoms with Gasteiger partial charge in [0.05, 0.1) is 23.9 Å². The molecule has 1 saturated heterocycles. The zero-order valence-electron chi connectivity index (χ0n) is 20.2. The van der Waals surface area contributed by atoms with E-state index in [1.165, 1.54) is 0 Å². The second-order valence-electron chi connectivity index (χ2n) is 8.97. The Balaban J connectivity index is 1.24. The standard InChI is InChI=1S/C26H29N7OS/c1-17-12-18(2)33(31-17)24-13-23(28-16-29-24)32-11-7-10-21(15-32)25(34)27-14-22-19(3)30-26(35-22)20-8-5-4-6-9-20/h4-6,8-9,12-13,16,21H,7,10-11,14-15H2,1-3H3,(H,27,34). The molecular formula is C26H29N7OS. The maximum atomic E-state index is 13.1. The summed E-state index contributed by atoms with van der Waals surface area (Å²) in [6.45, 7) is 7.98. The molecule has 1 N–H and O–H groups in total. The number of carbonyl (C=O) groups is 1. The van der Waals surface area contributed by atoms with E-state index in [0.29, 0.717) is 13.1 Å². The second kappa shape index (κ2) is 9.95. The fourth-order valence-electron chi connectivity index (χ4n) is 4.49. The van der Waals surface area contributed by atoms with Gasteiger partial charge in [-0.05, 0) is 39.7 Å². The Morgan fingerprint density at radius 2 is 1.91 bits per heavy atom. The number of benzene rings is 1. The number of aryl methyl sites for hydroxylation is 3. The molecule has 0 spiro atoms. The first-order valence-corrected chi connectivity index (χ1v) is 12.7. The summed E-state index contributed by atoms with van der Waals surface area (Å²) in [5.41, 5.74) is 4.05. The predicted molar refractivity (Wildman–Crippen MR) is 138 cm³/mol. The van der Waals surface area contributed by atoms with Gasteiger partial charge in [0.15, 0.2) is 5.82 Å². The minimum absolute atomic E-state index is 0.0802. The first-order chi connectivity index (χ1) is 17.0. The summed E-state index contributed by atoms with van der Waals surface area (Å²) in [4.78, 5) is 29.9. The topological polar surface area (TPSA) is 88.8 Å². The lowest BCUT2D eigenvalue weighted by atomic mass is 9.97. The zero-order chi connectivity index (χ0) is 24.4. The monoisotopic (exact) mass is 487 g/mol. The van der Waals surface area contributed by atoms with Crippen LogP contribution in [0.5, 0.6) is 0 Å². The molecule has 0 aliphatic carbocycles. The number of amides is 1. The molecule has 5 rings (SSSR count). The molecule has 1 atom stereocenters. The van der Waals surface area contributed by atoms with Crippen molar-refractivity contribution in [1.82, 2.24) is 30.0 Å². The van der Waals surface area contributed by atoms with Gasteiger partial charge in [-0.3, -0.25) is 4.79 Å². The lowest BCUT2D eigenvalue weighted by Crippen LogP contribution is -2.43. The van der Waals surface area contributed by atoms with Crippen LogP contribution in [-0.4, -0.2) is 43.7 Å². The lowest BCUT2D eigenvalue weighted by Gasteiger charge is -2.32. The van der Waals surface area contributed by atoms with Gasteiger partial charge in [0.2, 0.25) is 5.91 Å². The van der Waals surface area contributed by atoms with E-state index in [0.717, 1.165) is 63.6 Å². The fourth-order valence-corrected chi connectivity index (χ4v) is 5.50. The van der Waals surface area contributed by atoms with Crippen molar-refractivity contribution in [3.05, 3.63) is 70.8 Å². The Hall–Kier alpha value is -3.59. The third-order valence-corrected chi connectivity index (χ3v) is 7.52. The molecule has 0 radical (unpaired) electrons. The summed E-state index contributed by atoms with van der Waals surface area (Å²) < 4.78 is 1.83. The molecule has 4 heterocycles. The van der Waals surface area contributed by atoms with Crippen molar-refractivity contribution in [2.75, 3.05) is 18.0 Å². The van der Waals surface area contributed by atoms with Crippen LogP contribution in [0.3, 0.4) is 0 Å². The van der Waals surface area contributed by atoms with Crippen LogP contribution in [0.15, 0.2) is 48.8 Å². The van der Waals surface area contributed by atoms with Crippen LogP contribution < -0.4 is 10.2 Å². The van der Waals surface area contributed by atoms with E-state index in [1.54, 1.807) is 17.7 Å². The lowest BCUT2D eigenvalue weighted by molar-refractivity contribution is -0.125. The Kier molecular flexibility index (Phi) is 6.59. The number of thiazole rings is 1. The molecule has 35 heavy (non-hydrogen) atoms. The van der Waals surface area contributed by atoms with Crippen molar-refractivity contribution in [3.63, 3.8) is 0 Å². The average Bonchev–Trinajstić information content (AvgIpc) is 3.43. The number of piperidine rings is 1. The van der Waals surface area contributed by atoms with Crippen LogP contribution in [0.25, 0.3) is 16.4 Å². The summed E-state index contributed by atoms with van der Waals surface area (Å²) >= 11 is 1.64. The van der Waals surface area contributed by atoms with Crippen molar-refractivity contribution in [2.45, 2.75) is 40.2 Å². The number of nitrogens with one attached hydrogen (secondary N) is 1. The number of carbonyl (C=O) groups excluding carboxylic acids is 1. The number of rotatable bonds is 6. The zero-order valence-corrected chi connectivity index (χ0v) is 21.0. The third-order valence-electron chi connectivity index (χ3n) is 6.32. The van der Waals surface area contributed by atoms with Gasteiger partial charge in [0, 0.05) is 35.3 Å². The third kappa shape index (κ3) is 5.09. The SMILES string of the molecule is Cc1cc(C)n(-c2cc(N3CCCC(C(=O)NCc4sc(-c5ccccc5)nc4C)C3)ncn2)n1. The van der Waals surface area contributed by atoms with Crippen molar-refractivity contribution in [1.29, 1.82) is 0 Å². The fraction of sp³-hybridized carbons (Fsp3) is 0.346. The first-order valence-electron chi connectivity index (χ1n) is 11.9. The number of hydrogen-bond donors (Lipinski definition) is 1. The Morgan fingerprint density at radius 1 is 1.11 bits per heavy atom. The molecule has 1 aliphatic rings. The van der Waals surface area contributed by atoms with E-state index in [2.05, 4.69) is 37.4 Å². The Morgan fingerprint density at radius 3 is 2.69 bits per heavy atom. The van der Waals surface area contributed by atoms with Crippen LogP contribution in [0.4, 0.5) is 5.82 Å². The molecule has 1 fully saturated rings. The van der Waals surface area contributed by atoms with Gasteiger partial charge in [-0.2, -0.15) is 5.10 Å². The highest BCUT2D eigenvalue weighted by molar-refractivity contribution is 7.15. The highest BCUT2D eigenvalue weighted by Gasteiger charge is 2.27. The van der Waals surface area contributed by atoms with Gasteiger partial charge in [-0.25, -0.2) is 19.6 Å². The van der Waals surface area contributed by atoms with Crippen LogP contribution in [0.1, 0.15) is 34.8 Å². The number of anilines is 1. The maximum absolute atomic E-state index is 13.1. The molecule has 0 bridgehead atoms. The van der Waals surface area contributed by atoms with Gasteiger partial charge in [0.25, 0.3) is 0 Å². The quantitative estimate of drug-likeness (QED) is 0.438. The van der Waals surface area contributed by atoms with Crippen molar-refractivity contribution >= 4 is 23.1 Å². The second-order valence-corrected chi connectivity index (χ2v) is 10.1. The number of hydrogen-bond acceptors (Lipinski definition) is 7. The molecule has 4 aromatic rings. The van der Waals surface area contributed by atoms with E-state index < -0.39 is 0 Å². The summed E-state index contributed by atoms with van der Waals surface area (Å²) in [7, 11) is 0. The first kappa shape index (κ1) is 23.2. The van der Waals surface area contributed by atoms with Gasteiger partial charge < -0.3 is 10.2 Å². The van der Waals surface area contributed by atoms with Crippen molar-refractivity contribution in [2.24, 2.45) is 5.92 Å². The van der Waals surface area contributed by atoms with Crippen LogP contribution in [-0.2, 0) is 11.3 Å². The van der Waals surface area contributed by atoms with Gasteiger partial charge >= 0.3 is 0 Å². The largest absolute Gasteiger partial charge is 0.356 e. The van der Waals surface area contributed by atoms with E-state index in [-0.39, 0.29) is 11.8 Å². The molecule has 1 amide bonds. The highest BCUT2D eigenvalue weighted by Crippen LogP contribution is 2.28. The molecule has 8 nitrogen and oxygen atoms in total. The molecule has 3 aromatic heterocycles. The van der Waals surface area contributed by atoms with Crippen LogP contribution >= 0.6 is 11.3 Å². The average molecular weight is 488 g/mol. The molecule has 1 aliphatic heterocycles. The van der Waals surface area contributed by atoms with Gasteiger partial charge in [-0.15, -0.1) is 11.3 Å². The van der Waals surface area contributed by atoms with Crippen molar-refractivity contribution in [3.8, 4) is 16.4 Å². The van der Waals surface area contributed by atoms with E-state index in [1.807, 2.05) is 55.8 Å². The molecule has 0 saturated carbocycles. The van der Waals surface area contributed by atoms with E-state index in [9.17, 15) is 4.79 Å². The molecule has 1 unspecified atom stereocenters. The summed E-state index contributed by atoms with van der Waals surface area (Å²) in [6.07, 6.45) is 3.38. The molecule has 9 heteroatoms. The summed E-state index contributed by atoms with van der Waals surface area (Å²) in [6, 6.07) is 14.1. The summed E-state index contributed by atoms with van der Waals surface area (Å²) in [5, 5.41) is 8.67. The predicted octanol–water partition coefficient (Wildman–Crippen LogP) is 4.24. The Bertz CT molecular complexity index is 1330. The Labute approximate surface area is 209 Å². The van der Waals surface area contributed by atoms with Crippen LogP contribution in [0.2, 0.25) is 0 Å². The van der Waals surface area contributed by atoms with Gasteiger partial charge in [0.1, 0.15) is 17.2 Å². The number of nitrogens with zero attached hydrogens (tertiary/aromatic N) is 6. The minimum Gasteiger partial charge on any atom is -0.356 e. The minimum atomic E-state index is -0.0855. The maximum Gasteiger partial charge on any atom is 0.225 e.